The van der Waals surface area contributed by atoms with Gasteiger partial charge in [-0.3, -0.25) is 14.9 Å². The monoisotopic (exact) mass is 331 g/mol. The number of non-ortho nitro benzene ring substituents is 1. The summed E-state index contributed by atoms with van der Waals surface area (Å²) in [5.74, 6) is -0.518. The quantitative estimate of drug-likeness (QED) is 0.457. The van der Waals surface area contributed by atoms with E-state index in [-0.39, 0.29) is 12.3 Å². The standard InChI is InChI=1S/C16H17N3O5/c1-3-14(16(21)24-4-2)18-15(20)10-9-13(17-18)11-5-7-12(8-6-11)19(22)23/h5-10,14H,3-4H2,1-2H3/t14-/m0/s1. The molecule has 1 heterocycles. The number of nitrogens with zero attached hydrogens (tertiary/aromatic N) is 3. The largest absolute Gasteiger partial charge is 0.464 e. The molecular weight excluding hydrogens is 314 g/mol. The number of hydrogen-bond acceptors (Lipinski definition) is 6. The fourth-order valence-electron chi connectivity index (χ4n) is 2.23. The Balaban J connectivity index is 2.42. The van der Waals surface area contributed by atoms with Gasteiger partial charge in [-0.15, -0.1) is 0 Å². The number of esters is 1. The lowest BCUT2D eigenvalue weighted by atomic mass is 10.1. The molecule has 8 heteroatoms. The van der Waals surface area contributed by atoms with Crippen molar-refractivity contribution >= 4 is 11.7 Å². The second kappa shape index (κ2) is 7.49. The highest BCUT2D eigenvalue weighted by Crippen LogP contribution is 2.20. The Morgan fingerprint density at radius 3 is 2.46 bits per heavy atom. The van der Waals surface area contributed by atoms with Gasteiger partial charge in [-0.1, -0.05) is 6.92 Å². The number of carbonyl (C=O) groups is 1. The van der Waals surface area contributed by atoms with Crippen molar-refractivity contribution in [2.24, 2.45) is 0 Å². The first kappa shape index (κ1) is 17.3. The summed E-state index contributed by atoms with van der Waals surface area (Å²) >= 11 is 0. The Kier molecular flexibility index (Phi) is 5.41. The third-order valence-corrected chi connectivity index (χ3v) is 3.44. The molecule has 1 atom stereocenters. The first-order chi connectivity index (χ1) is 11.5. The summed E-state index contributed by atoms with van der Waals surface area (Å²) in [6, 6.07) is 7.81. The fraction of sp³-hybridized carbons (Fsp3) is 0.312. The van der Waals surface area contributed by atoms with Gasteiger partial charge in [0.25, 0.3) is 11.2 Å². The molecule has 0 aliphatic carbocycles. The van der Waals surface area contributed by atoms with Crippen LogP contribution >= 0.6 is 0 Å². The van der Waals surface area contributed by atoms with Crippen LogP contribution in [0.2, 0.25) is 0 Å². The van der Waals surface area contributed by atoms with Crippen LogP contribution in [-0.2, 0) is 9.53 Å². The third-order valence-electron chi connectivity index (χ3n) is 3.44. The third kappa shape index (κ3) is 3.65. The molecule has 0 aliphatic heterocycles. The van der Waals surface area contributed by atoms with Crippen LogP contribution in [0.1, 0.15) is 26.3 Å². The van der Waals surface area contributed by atoms with E-state index in [9.17, 15) is 19.7 Å². The minimum absolute atomic E-state index is 0.0370. The molecule has 24 heavy (non-hydrogen) atoms. The molecule has 2 aromatic rings. The second-order valence-electron chi connectivity index (χ2n) is 4.98. The van der Waals surface area contributed by atoms with Gasteiger partial charge in [0.1, 0.15) is 0 Å². The van der Waals surface area contributed by atoms with Crippen molar-refractivity contribution in [3.05, 3.63) is 56.9 Å². The Morgan fingerprint density at radius 1 is 1.25 bits per heavy atom. The SMILES string of the molecule is CCOC(=O)[C@H](CC)n1nc(-c2ccc([N+](=O)[O-])cc2)ccc1=O. The minimum Gasteiger partial charge on any atom is -0.464 e. The molecule has 8 nitrogen and oxygen atoms in total. The highest BCUT2D eigenvalue weighted by Gasteiger charge is 2.22. The minimum atomic E-state index is -0.810. The molecule has 2 rings (SSSR count). The molecule has 0 N–H and O–H groups in total. The van der Waals surface area contributed by atoms with Crippen LogP contribution in [0.15, 0.2) is 41.2 Å². The van der Waals surface area contributed by atoms with Crippen LogP contribution in [0.25, 0.3) is 11.3 Å². The number of ether oxygens (including phenoxy) is 1. The number of hydrogen-bond donors (Lipinski definition) is 0. The number of nitro groups is 1. The molecule has 0 saturated heterocycles. The Labute approximate surface area is 137 Å². The number of aromatic nitrogens is 2. The Bertz CT molecular complexity index is 798. The fourth-order valence-corrected chi connectivity index (χ4v) is 2.23. The normalized spacial score (nSPS) is 11.8. The second-order valence-corrected chi connectivity index (χ2v) is 4.98. The number of rotatable bonds is 6. The predicted octanol–water partition coefficient (Wildman–Crippen LogP) is 2.33. The van der Waals surface area contributed by atoms with Gasteiger partial charge < -0.3 is 4.74 Å². The lowest BCUT2D eigenvalue weighted by Crippen LogP contribution is -2.32. The maximum absolute atomic E-state index is 12.1. The van der Waals surface area contributed by atoms with Gasteiger partial charge in [0.15, 0.2) is 6.04 Å². The smallest absolute Gasteiger partial charge is 0.331 e. The maximum Gasteiger partial charge on any atom is 0.331 e. The zero-order valence-electron chi connectivity index (χ0n) is 13.3. The molecule has 126 valence electrons. The first-order valence-electron chi connectivity index (χ1n) is 7.49. The van der Waals surface area contributed by atoms with Crippen molar-refractivity contribution in [1.82, 2.24) is 9.78 Å². The molecule has 0 radical (unpaired) electrons. The summed E-state index contributed by atoms with van der Waals surface area (Å²) in [4.78, 5) is 34.3. The lowest BCUT2D eigenvalue weighted by Gasteiger charge is -2.16. The summed E-state index contributed by atoms with van der Waals surface area (Å²) in [5.41, 5.74) is 0.589. The van der Waals surface area contributed by atoms with Crippen LogP contribution in [0.4, 0.5) is 5.69 Å². The van der Waals surface area contributed by atoms with Crippen LogP contribution in [0.5, 0.6) is 0 Å². The highest BCUT2D eigenvalue weighted by molar-refractivity contribution is 5.74. The molecule has 0 spiro atoms. The van der Waals surface area contributed by atoms with Crippen LogP contribution in [-0.4, -0.2) is 27.3 Å². The van der Waals surface area contributed by atoms with Gasteiger partial charge in [-0.25, -0.2) is 9.48 Å². The maximum atomic E-state index is 12.1. The van der Waals surface area contributed by atoms with Gasteiger partial charge in [-0.2, -0.15) is 5.10 Å². The Hall–Kier alpha value is -3.03. The summed E-state index contributed by atoms with van der Waals surface area (Å²) in [7, 11) is 0. The molecule has 0 aliphatic rings. The van der Waals surface area contributed by atoms with Crippen molar-refractivity contribution < 1.29 is 14.5 Å². The van der Waals surface area contributed by atoms with Crippen molar-refractivity contribution in [3.63, 3.8) is 0 Å². The molecule has 0 bridgehead atoms. The van der Waals surface area contributed by atoms with Crippen molar-refractivity contribution in [3.8, 4) is 11.3 Å². The number of nitro benzene ring substituents is 1. The molecule has 0 fully saturated rings. The molecule has 0 unspecified atom stereocenters. The average molecular weight is 331 g/mol. The average Bonchev–Trinajstić information content (AvgIpc) is 2.57. The molecular formula is C16H17N3O5. The summed E-state index contributed by atoms with van der Waals surface area (Å²) in [6.45, 7) is 3.66. The molecule has 1 aromatic carbocycles. The van der Waals surface area contributed by atoms with Gasteiger partial charge in [-0.05, 0) is 31.5 Å². The molecule has 0 amide bonds. The van der Waals surface area contributed by atoms with Crippen molar-refractivity contribution in [2.45, 2.75) is 26.3 Å². The van der Waals surface area contributed by atoms with Crippen LogP contribution < -0.4 is 5.56 Å². The zero-order chi connectivity index (χ0) is 17.7. The lowest BCUT2D eigenvalue weighted by molar-refractivity contribution is -0.384. The van der Waals surface area contributed by atoms with E-state index in [4.69, 9.17) is 4.74 Å². The van der Waals surface area contributed by atoms with E-state index >= 15 is 0 Å². The van der Waals surface area contributed by atoms with Gasteiger partial charge in [0.2, 0.25) is 0 Å². The zero-order valence-corrected chi connectivity index (χ0v) is 13.3. The number of carbonyl (C=O) groups excluding carboxylic acids is 1. The van der Waals surface area contributed by atoms with E-state index in [1.165, 1.54) is 24.3 Å². The van der Waals surface area contributed by atoms with Gasteiger partial charge in [0.05, 0.1) is 17.2 Å². The molecule has 0 saturated carbocycles. The first-order valence-corrected chi connectivity index (χ1v) is 7.49. The van der Waals surface area contributed by atoms with Crippen molar-refractivity contribution in [1.29, 1.82) is 0 Å². The van der Waals surface area contributed by atoms with Gasteiger partial charge >= 0.3 is 5.97 Å². The van der Waals surface area contributed by atoms with E-state index in [0.717, 1.165) is 4.68 Å². The van der Waals surface area contributed by atoms with E-state index < -0.39 is 22.5 Å². The highest BCUT2D eigenvalue weighted by atomic mass is 16.6. The van der Waals surface area contributed by atoms with Gasteiger partial charge in [0, 0.05) is 23.8 Å². The predicted molar refractivity (Wildman–Crippen MR) is 86.5 cm³/mol. The summed E-state index contributed by atoms with van der Waals surface area (Å²) < 4.78 is 6.07. The van der Waals surface area contributed by atoms with E-state index in [1.54, 1.807) is 26.0 Å². The van der Waals surface area contributed by atoms with Crippen LogP contribution in [0.3, 0.4) is 0 Å². The van der Waals surface area contributed by atoms with E-state index in [2.05, 4.69) is 5.10 Å². The van der Waals surface area contributed by atoms with Crippen molar-refractivity contribution in [2.75, 3.05) is 6.61 Å². The van der Waals surface area contributed by atoms with E-state index in [1.807, 2.05) is 0 Å². The number of benzene rings is 1. The van der Waals surface area contributed by atoms with Crippen LogP contribution in [0, 0.1) is 10.1 Å². The summed E-state index contributed by atoms with van der Waals surface area (Å²) in [6.07, 6.45) is 0.357. The van der Waals surface area contributed by atoms with E-state index in [0.29, 0.717) is 17.7 Å². The molecule has 1 aromatic heterocycles. The topological polar surface area (TPSA) is 104 Å². The summed E-state index contributed by atoms with van der Waals surface area (Å²) in [5, 5.41) is 14.9. The Morgan fingerprint density at radius 2 is 1.92 bits per heavy atom.